The Balaban J connectivity index is 1.99. The molecule has 1 aromatic heterocycles. The number of aromatic nitrogens is 2. The summed E-state index contributed by atoms with van der Waals surface area (Å²) in [6.07, 6.45) is 4.08. The molecule has 1 aliphatic rings. The molecule has 1 saturated carbocycles. The molecular weight excluding hydrogens is 262 g/mol. The molecule has 19 heavy (non-hydrogen) atoms. The molecule has 0 atom stereocenters. The van der Waals surface area contributed by atoms with E-state index in [4.69, 9.17) is 21.9 Å². The molecule has 5 heteroatoms. The van der Waals surface area contributed by atoms with Gasteiger partial charge >= 0.3 is 0 Å². The molecule has 1 fully saturated rings. The Bertz CT molecular complexity index is 602. The number of halogens is 1. The summed E-state index contributed by atoms with van der Waals surface area (Å²) >= 11 is 6.01. The van der Waals surface area contributed by atoms with Crippen LogP contribution in [-0.2, 0) is 5.54 Å². The highest BCUT2D eigenvalue weighted by Crippen LogP contribution is 2.36. The standard InChI is InChI=1S/C14H16ClN3O/c1-9-4-5-10(15)8-11(9)12-17-13(18-19-12)14(16)6-2-3-7-14/h4-5,8H,2-3,6-7,16H2,1H3. The molecule has 1 aromatic carbocycles. The molecule has 100 valence electrons. The third-order valence-electron chi connectivity index (χ3n) is 3.80. The second-order valence-electron chi connectivity index (χ2n) is 5.25. The maximum atomic E-state index is 6.33. The van der Waals surface area contributed by atoms with Crippen molar-refractivity contribution in [2.75, 3.05) is 0 Å². The zero-order valence-corrected chi connectivity index (χ0v) is 11.6. The molecule has 4 nitrogen and oxygen atoms in total. The number of aryl methyl sites for hydroxylation is 1. The molecule has 0 amide bonds. The number of rotatable bonds is 2. The summed E-state index contributed by atoms with van der Waals surface area (Å²) in [7, 11) is 0. The Morgan fingerprint density at radius 1 is 1.32 bits per heavy atom. The first-order valence-corrected chi connectivity index (χ1v) is 6.86. The Morgan fingerprint density at radius 3 is 2.79 bits per heavy atom. The smallest absolute Gasteiger partial charge is 0.258 e. The van der Waals surface area contributed by atoms with Crippen molar-refractivity contribution in [3.05, 3.63) is 34.6 Å². The van der Waals surface area contributed by atoms with Crippen molar-refractivity contribution in [2.24, 2.45) is 5.73 Å². The summed E-state index contributed by atoms with van der Waals surface area (Å²) in [6.45, 7) is 1.99. The topological polar surface area (TPSA) is 64.9 Å². The summed E-state index contributed by atoms with van der Waals surface area (Å²) in [5, 5.41) is 4.72. The first kappa shape index (κ1) is 12.6. The van der Waals surface area contributed by atoms with E-state index in [9.17, 15) is 0 Å². The van der Waals surface area contributed by atoms with Gasteiger partial charge in [0.05, 0.1) is 5.54 Å². The number of nitrogens with zero attached hydrogens (tertiary/aromatic N) is 2. The molecule has 1 heterocycles. The van der Waals surface area contributed by atoms with Crippen LogP contribution < -0.4 is 5.73 Å². The lowest BCUT2D eigenvalue weighted by Crippen LogP contribution is -2.34. The van der Waals surface area contributed by atoms with Gasteiger partial charge in [-0.2, -0.15) is 4.98 Å². The highest BCUT2D eigenvalue weighted by Gasteiger charge is 2.36. The minimum atomic E-state index is -0.422. The molecule has 0 saturated heterocycles. The summed E-state index contributed by atoms with van der Waals surface area (Å²) in [5.74, 6) is 1.10. The Labute approximate surface area is 117 Å². The lowest BCUT2D eigenvalue weighted by atomic mass is 9.98. The zero-order chi connectivity index (χ0) is 13.5. The summed E-state index contributed by atoms with van der Waals surface area (Å²) in [5.41, 5.74) is 7.83. The van der Waals surface area contributed by atoms with Gasteiger partial charge in [-0.25, -0.2) is 0 Å². The van der Waals surface area contributed by atoms with Gasteiger partial charge in [-0.1, -0.05) is 35.7 Å². The van der Waals surface area contributed by atoms with Crippen molar-refractivity contribution in [3.63, 3.8) is 0 Å². The first-order chi connectivity index (χ1) is 9.08. The Kier molecular flexibility index (Phi) is 3.07. The fourth-order valence-corrected chi connectivity index (χ4v) is 2.76. The second-order valence-corrected chi connectivity index (χ2v) is 5.68. The molecule has 0 bridgehead atoms. The van der Waals surface area contributed by atoms with E-state index < -0.39 is 5.54 Å². The molecule has 1 aliphatic carbocycles. The molecule has 0 aliphatic heterocycles. The van der Waals surface area contributed by atoms with Crippen LogP contribution >= 0.6 is 11.6 Å². The maximum Gasteiger partial charge on any atom is 0.258 e. The quantitative estimate of drug-likeness (QED) is 0.913. The molecule has 0 unspecified atom stereocenters. The average molecular weight is 278 g/mol. The van der Waals surface area contributed by atoms with E-state index in [0.29, 0.717) is 16.7 Å². The van der Waals surface area contributed by atoms with E-state index in [-0.39, 0.29) is 0 Å². The van der Waals surface area contributed by atoms with Gasteiger partial charge in [-0.3, -0.25) is 0 Å². The van der Waals surface area contributed by atoms with E-state index >= 15 is 0 Å². The van der Waals surface area contributed by atoms with Crippen LogP contribution in [0.5, 0.6) is 0 Å². The minimum Gasteiger partial charge on any atom is -0.334 e. The van der Waals surface area contributed by atoms with E-state index in [1.807, 2.05) is 25.1 Å². The largest absolute Gasteiger partial charge is 0.334 e. The number of benzene rings is 1. The number of nitrogens with two attached hydrogens (primary N) is 1. The lowest BCUT2D eigenvalue weighted by molar-refractivity contribution is 0.372. The van der Waals surface area contributed by atoms with Crippen molar-refractivity contribution in [3.8, 4) is 11.5 Å². The van der Waals surface area contributed by atoms with Gasteiger partial charge in [-0.05, 0) is 37.5 Å². The average Bonchev–Trinajstić information content (AvgIpc) is 3.02. The summed E-state index contributed by atoms with van der Waals surface area (Å²) in [4.78, 5) is 4.47. The normalized spacial score (nSPS) is 17.8. The van der Waals surface area contributed by atoms with E-state index in [0.717, 1.165) is 36.8 Å². The highest BCUT2D eigenvalue weighted by molar-refractivity contribution is 6.30. The molecule has 0 spiro atoms. The van der Waals surface area contributed by atoms with E-state index in [2.05, 4.69) is 10.1 Å². The fraction of sp³-hybridized carbons (Fsp3) is 0.429. The predicted molar refractivity (Wildman–Crippen MR) is 73.8 cm³/mol. The SMILES string of the molecule is Cc1ccc(Cl)cc1-c1nc(C2(N)CCCC2)no1. The second kappa shape index (κ2) is 4.62. The third kappa shape index (κ3) is 2.26. The number of hydrogen-bond acceptors (Lipinski definition) is 4. The fourth-order valence-electron chi connectivity index (χ4n) is 2.59. The van der Waals surface area contributed by atoms with Gasteiger partial charge in [-0.15, -0.1) is 0 Å². The highest BCUT2D eigenvalue weighted by atomic mass is 35.5. The molecule has 2 N–H and O–H groups in total. The van der Waals surface area contributed by atoms with Crippen molar-refractivity contribution < 1.29 is 4.52 Å². The maximum absolute atomic E-state index is 6.33. The van der Waals surface area contributed by atoms with Gasteiger partial charge in [0, 0.05) is 10.6 Å². The Morgan fingerprint density at radius 2 is 2.05 bits per heavy atom. The van der Waals surface area contributed by atoms with Crippen LogP contribution in [0.3, 0.4) is 0 Å². The molecular formula is C14H16ClN3O. The Hall–Kier alpha value is -1.39. The van der Waals surface area contributed by atoms with Gasteiger partial charge in [0.25, 0.3) is 5.89 Å². The van der Waals surface area contributed by atoms with Crippen molar-refractivity contribution in [1.29, 1.82) is 0 Å². The number of hydrogen-bond donors (Lipinski definition) is 1. The van der Waals surface area contributed by atoms with Crippen LogP contribution in [0.25, 0.3) is 11.5 Å². The van der Waals surface area contributed by atoms with Crippen molar-refractivity contribution >= 4 is 11.6 Å². The van der Waals surface area contributed by atoms with Crippen molar-refractivity contribution in [2.45, 2.75) is 38.1 Å². The van der Waals surface area contributed by atoms with Crippen molar-refractivity contribution in [1.82, 2.24) is 10.1 Å². The third-order valence-corrected chi connectivity index (χ3v) is 4.03. The van der Waals surface area contributed by atoms with Crippen LogP contribution in [0.1, 0.15) is 37.1 Å². The van der Waals surface area contributed by atoms with E-state index in [1.54, 1.807) is 0 Å². The minimum absolute atomic E-state index is 0.422. The lowest BCUT2D eigenvalue weighted by Gasteiger charge is -2.17. The van der Waals surface area contributed by atoms with Crippen LogP contribution in [0.2, 0.25) is 5.02 Å². The first-order valence-electron chi connectivity index (χ1n) is 6.48. The summed E-state index contributed by atoms with van der Waals surface area (Å²) < 4.78 is 5.36. The van der Waals surface area contributed by atoms with Crippen LogP contribution in [-0.4, -0.2) is 10.1 Å². The van der Waals surface area contributed by atoms with E-state index in [1.165, 1.54) is 0 Å². The zero-order valence-electron chi connectivity index (χ0n) is 10.8. The summed E-state index contributed by atoms with van der Waals surface area (Å²) in [6, 6.07) is 5.63. The van der Waals surface area contributed by atoms with Crippen LogP contribution in [0.4, 0.5) is 0 Å². The molecule has 3 rings (SSSR count). The molecule has 0 radical (unpaired) electrons. The molecule has 2 aromatic rings. The van der Waals surface area contributed by atoms with Gasteiger partial charge in [0.15, 0.2) is 5.82 Å². The van der Waals surface area contributed by atoms with Gasteiger partial charge in [0.2, 0.25) is 0 Å². The predicted octanol–water partition coefficient (Wildman–Crippen LogP) is 3.43. The monoisotopic (exact) mass is 277 g/mol. The van der Waals surface area contributed by atoms with Gasteiger partial charge in [0.1, 0.15) is 0 Å². The van der Waals surface area contributed by atoms with Crippen LogP contribution in [0.15, 0.2) is 22.7 Å². The van der Waals surface area contributed by atoms with Gasteiger partial charge < -0.3 is 10.3 Å². The van der Waals surface area contributed by atoms with Crippen LogP contribution in [0, 0.1) is 6.92 Å².